The zero-order valence-electron chi connectivity index (χ0n) is 13.7. The van der Waals surface area contributed by atoms with Crippen LogP contribution in [0.4, 0.5) is 11.4 Å². The summed E-state index contributed by atoms with van der Waals surface area (Å²) < 4.78 is 0. The number of carbonyl (C=O) groups excluding carboxylic acids is 3. The summed E-state index contributed by atoms with van der Waals surface area (Å²) in [6, 6.07) is 7.22. The first kappa shape index (κ1) is 16.3. The van der Waals surface area contributed by atoms with E-state index in [-0.39, 0.29) is 17.7 Å². The molecular weight excluding hydrogens is 308 g/mol. The van der Waals surface area contributed by atoms with Crippen LogP contribution in [0.3, 0.4) is 0 Å². The zero-order chi connectivity index (χ0) is 17.1. The summed E-state index contributed by atoms with van der Waals surface area (Å²) in [5, 5.41) is 5.49. The molecule has 3 amide bonds. The first-order valence-electron chi connectivity index (χ1n) is 8.24. The maximum absolute atomic E-state index is 12.1. The molecule has 1 aromatic rings. The second-order valence-corrected chi connectivity index (χ2v) is 6.19. The molecule has 2 N–H and O–H groups in total. The molecule has 2 fully saturated rings. The fourth-order valence-corrected chi connectivity index (χ4v) is 3.08. The van der Waals surface area contributed by atoms with Crippen LogP contribution in [0.1, 0.15) is 19.8 Å². The van der Waals surface area contributed by atoms with Crippen molar-refractivity contribution in [2.75, 3.05) is 36.4 Å². The largest absolute Gasteiger partial charge is 0.368 e. The molecule has 24 heavy (non-hydrogen) atoms. The summed E-state index contributed by atoms with van der Waals surface area (Å²) >= 11 is 0. The number of piperazine rings is 1. The first-order chi connectivity index (χ1) is 11.5. The number of nitrogens with one attached hydrogen (secondary N) is 2. The van der Waals surface area contributed by atoms with Crippen LogP contribution in [0, 0.1) is 0 Å². The Balaban J connectivity index is 1.55. The van der Waals surface area contributed by atoms with Crippen molar-refractivity contribution in [2.45, 2.75) is 25.8 Å². The molecule has 3 rings (SSSR count). The van der Waals surface area contributed by atoms with Gasteiger partial charge in [-0.25, -0.2) is 0 Å². The summed E-state index contributed by atoms with van der Waals surface area (Å²) in [5.74, 6) is -0.134. The second-order valence-electron chi connectivity index (χ2n) is 6.19. The van der Waals surface area contributed by atoms with Crippen molar-refractivity contribution >= 4 is 29.1 Å². The number of anilines is 2. The molecule has 0 bridgehead atoms. The van der Waals surface area contributed by atoms with Gasteiger partial charge in [-0.05, 0) is 30.7 Å². The van der Waals surface area contributed by atoms with Crippen molar-refractivity contribution in [1.82, 2.24) is 10.2 Å². The Morgan fingerprint density at radius 2 is 1.79 bits per heavy atom. The number of nitrogens with zero attached hydrogens (tertiary/aromatic N) is 2. The first-order valence-corrected chi connectivity index (χ1v) is 8.24. The lowest BCUT2D eigenvalue weighted by molar-refractivity contribution is -0.129. The van der Waals surface area contributed by atoms with Crippen LogP contribution >= 0.6 is 0 Å². The molecule has 1 atom stereocenters. The normalized spacial score (nSPS) is 20.7. The van der Waals surface area contributed by atoms with Crippen LogP contribution < -0.4 is 15.5 Å². The topological polar surface area (TPSA) is 81.8 Å². The third kappa shape index (κ3) is 3.67. The summed E-state index contributed by atoms with van der Waals surface area (Å²) in [5.41, 5.74) is 1.79. The Labute approximate surface area is 141 Å². The van der Waals surface area contributed by atoms with Crippen molar-refractivity contribution in [2.24, 2.45) is 0 Å². The molecule has 2 aliphatic heterocycles. The highest BCUT2D eigenvalue weighted by molar-refractivity contribution is 5.99. The minimum atomic E-state index is -0.433. The molecule has 0 saturated carbocycles. The Morgan fingerprint density at radius 1 is 1.12 bits per heavy atom. The van der Waals surface area contributed by atoms with Gasteiger partial charge in [-0.2, -0.15) is 0 Å². The molecule has 128 valence electrons. The maximum atomic E-state index is 12.1. The molecule has 2 aliphatic rings. The number of rotatable bonds is 3. The fraction of sp³-hybridized carbons (Fsp3) is 0.471. The highest BCUT2D eigenvalue weighted by atomic mass is 16.2. The van der Waals surface area contributed by atoms with E-state index in [2.05, 4.69) is 15.5 Å². The summed E-state index contributed by atoms with van der Waals surface area (Å²) in [6.07, 6.45) is 0.951. The van der Waals surface area contributed by atoms with E-state index in [0.29, 0.717) is 18.5 Å². The van der Waals surface area contributed by atoms with Crippen molar-refractivity contribution in [1.29, 1.82) is 0 Å². The lowest BCUT2D eigenvalue weighted by Crippen LogP contribution is -2.48. The van der Waals surface area contributed by atoms with E-state index >= 15 is 0 Å². The van der Waals surface area contributed by atoms with Crippen molar-refractivity contribution in [3.8, 4) is 0 Å². The molecule has 0 aromatic heterocycles. The van der Waals surface area contributed by atoms with Crippen molar-refractivity contribution < 1.29 is 14.4 Å². The number of amides is 3. The van der Waals surface area contributed by atoms with Crippen LogP contribution in [0.2, 0.25) is 0 Å². The van der Waals surface area contributed by atoms with E-state index in [9.17, 15) is 14.4 Å². The van der Waals surface area contributed by atoms with Gasteiger partial charge in [0.1, 0.15) is 6.04 Å². The van der Waals surface area contributed by atoms with Gasteiger partial charge in [0.05, 0.1) is 0 Å². The predicted molar refractivity (Wildman–Crippen MR) is 90.7 cm³/mol. The molecular formula is C17H22N4O3. The highest BCUT2D eigenvalue weighted by Gasteiger charge is 2.27. The van der Waals surface area contributed by atoms with E-state index in [4.69, 9.17) is 0 Å². The van der Waals surface area contributed by atoms with Crippen molar-refractivity contribution in [3.63, 3.8) is 0 Å². The molecule has 7 nitrogen and oxygen atoms in total. The zero-order valence-corrected chi connectivity index (χ0v) is 13.7. The van der Waals surface area contributed by atoms with Crippen LogP contribution in [0.15, 0.2) is 24.3 Å². The van der Waals surface area contributed by atoms with Gasteiger partial charge in [0.2, 0.25) is 17.7 Å². The van der Waals surface area contributed by atoms with Gasteiger partial charge in [-0.15, -0.1) is 0 Å². The van der Waals surface area contributed by atoms with Gasteiger partial charge in [0.15, 0.2) is 0 Å². The predicted octanol–water partition coefficient (Wildman–Crippen LogP) is 0.572. The third-order valence-electron chi connectivity index (χ3n) is 4.54. The molecule has 7 heteroatoms. The van der Waals surface area contributed by atoms with E-state index in [1.807, 2.05) is 29.2 Å². The van der Waals surface area contributed by atoms with E-state index in [0.717, 1.165) is 31.9 Å². The van der Waals surface area contributed by atoms with Gasteiger partial charge < -0.3 is 20.4 Å². The quantitative estimate of drug-likeness (QED) is 0.849. The number of hydrogen-bond donors (Lipinski definition) is 2. The summed E-state index contributed by atoms with van der Waals surface area (Å²) in [4.78, 5) is 38.7. The molecule has 2 heterocycles. The van der Waals surface area contributed by atoms with Crippen molar-refractivity contribution in [3.05, 3.63) is 24.3 Å². The second kappa shape index (κ2) is 6.90. The number of carbonyl (C=O) groups is 3. The van der Waals surface area contributed by atoms with Gasteiger partial charge in [-0.3, -0.25) is 14.4 Å². The van der Waals surface area contributed by atoms with Crippen LogP contribution in [-0.2, 0) is 14.4 Å². The molecule has 2 saturated heterocycles. The molecule has 0 radical (unpaired) electrons. The summed E-state index contributed by atoms with van der Waals surface area (Å²) in [6.45, 7) is 4.67. The summed E-state index contributed by atoms with van der Waals surface area (Å²) in [7, 11) is 0. The van der Waals surface area contributed by atoms with E-state index < -0.39 is 6.04 Å². The van der Waals surface area contributed by atoms with Gasteiger partial charge >= 0.3 is 0 Å². The number of hydrogen-bond acceptors (Lipinski definition) is 4. The third-order valence-corrected chi connectivity index (χ3v) is 4.54. The maximum Gasteiger partial charge on any atom is 0.246 e. The smallest absolute Gasteiger partial charge is 0.246 e. The van der Waals surface area contributed by atoms with Gasteiger partial charge in [0.25, 0.3) is 0 Å². The minimum Gasteiger partial charge on any atom is -0.368 e. The average molecular weight is 330 g/mol. The van der Waals surface area contributed by atoms with Gasteiger partial charge in [0, 0.05) is 50.9 Å². The Kier molecular flexibility index (Phi) is 4.69. The van der Waals surface area contributed by atoms with Crippen LogP contribution in [0.25, 0.3) is 0 Å². The molecule has 0 aliphatic carbocycles. The highest BCUT2D eigenvalue weighted by Crippen LogP contribution is 2.20. The van der Waals surface area contributed by atoms with Crippen LogP contribution in [-0.4, -0.2) is 54.8 Å². The monoisotopic (exact) mass is 330 g/mol. The van der Waals surface area contributed by atoms with E-state index in [1.54, 1.807) is 6.92 Å². The lowest BCUT2D eigenvalue weighted by Gasteiger charge is -2.35. The Morgan fingerprint density at radius 3 is 2.33 bits per heavy atom. The Bertz CT molecular complexity index is 636. The Hall–Kier alpha value is -2.57. The SMILES string of the molecule is CC(=O)N1CCN(c2ccc(NC(=O)C3CCC(=O)N3)cc2)CC1. The van der Waals surface area contributed by atoms with E-state index in [1.165, 1.54) is 0 Å². The molecule has 0 spiro atoms. The minimum absolute atomic E-state index is 0.0739. The lowest BCUT2D eigenvalue weighted by atomic mass is 10.2. The molecule has 1 aromatic carbocycles. The average Bonchev–Trinajstić information content (AvgIpc) is 3.02. The standard InChI is InChI=1S/C17H22N4O3/c1-12(22)20-8-10-21(11-9-20)14-4-2-13(3-5-14)18-17(24)15-6-7-16(23)19-15/h2-5,15H,6-11H2,1H3,(H,18,24)(H,19,23). The van der Waals surface area contributed by atoms with Gasteiger partial charge in [-0.1, -0.05) is 0 Å². The van der Waals surface area contributed by atoms with Crippen LogP contribution in [0.5, 0.6) is 0 Å². The number of benzene rings is 1. The molecule has 1 unspecified atom stereocenters. The fourth-order valence-electron chi connectivity index (χ4n) is 3.08.